The van der Waals surface area contributed by atoms with E-state index in [9.17, 15) is 27.2 Å². The summed E-state index contributed by atoms with van der Waals surface area (Å²) >= 11 is 4.95. The molecule has 2 aromatic heterocycles. The summed E-state index contributed by atoms with van der Waals surface area (Å²) in [5.74, 6) is -0.386. The number of hydrogen-bond donors (Lipinski definition) is 1. The Bertz CT molecular complexity index is 2610. The van der Waals surface area contributed by atoms with E-state index < -0.39 is 36.2 Å². The van der Waals surface area contributed by atoms with Crippen molar-refractivity contribution in [2.45, 2.75) is 25.9 Å². The highest BCUT2D eigenvalue weighted by Gasteiger charge is 2.20. The molecule has 0 bridgehead atoms. The Hall–Kier alpha value is -7.85. The molecule has 63 heavy (non-hydrogen) atoms. The van der Waals surface area contributed by atoms with Gasteiger partial charge < -0.3 is 23.6 Å². The average Bonchev–Trinajstić information content (AvgIpc) is 4.02. The zero-order chi connectivity index (χ0) is 44.4. The maximum atomic E-state index is 12.9. The minimum absolute atomic E-state index is 0.00486. The van der Waals surface area contributed by atoms with Crippen LogP contribution in [0.25, 0.3) is 22.9 Å². The molecule has 0 spiro atoms. The molecule has 0 aliphatic rings. The Morgan fingerprint density at radius 3 is 1.43 bits per heavy atom. The van der Waals surface area contributed by atoms with E-state index in [0.717, 1.165) is 16.8 Å². The molecule has 0 radical (unpaired) electrons. The van der Waals surface area contributed by atoms with Crippen molar-refractivity contribution in [3.05, 3.63) is 193 Å². The fourth-order valence-electron chi connectivity index (χ4n) is 5.43. The van der Waals surface area contributed by atoms with Crippen LogP contribution in [-0.2, 0) is 13.1 Å². The van der Waals surface area contributed by atoms with Gasteiger partial charge in [-0.25, -0.2) is 9.59 Å². The number of rotatable bonds is 12. The van der Waals surface area contributed by atoms with E-state index in [2.05, 4.69) is 30.4 Å². The van der Waals surface area contributed by atoms with Crippen molar-refractivity contribution >= 4 is 34.5 Å². The van der Waals surface area contributed by atoms with Gasteiger partial charge in [-0.05, 0) is 83.9 Å². The lowest BCUT2D eigenvalue weighted by atomic mass is 10.1. The summed E-state index contributed by atoms with van der Waals surface area (Å²) in [5, 5.41) is 17.2. The molecule has 6 aromatic carbocycles. The molecular weight excluding hydrogens is 844 g/mol. The Balaban J connectivity index is 0.000000178. The molecule has 12 nitrogen and oxygen atoms in total. The van der Waals surface area contributed by atoms with E-state index >= 15 is 0 Å². The quantitative estimate of drug-likeness (QED) is 0.0924. The lowest BCUT2D eigenvalue weighted by Crippen LogP contribution is -2.33. The van der Waals surface area contributed by atoms with Crippen LogP contribution in [0.1, 0.15) is 35.8 Å². The molecule has 17 heteroatoms. The summed E-state index contributed by atoms with van der Waals surface area (Å²) in [5.41, 5.74) is 3.86. The van der Waals surface area contributed by atoms with Crippen LogP contribution < -0.4 is 19.7 Å². The molecule has 2 heterocycles. The first-order valence-corrected chi connectivity index (χ1v) is 19.2. The van der Waals surface area contributed by atoms with E-state index in [4.69, 9.17) is 25.2 Å². The molecule has 1 amide bonds. The van der Waals surface area contributed by atoms with Crippen LogP contribution in [0, 0.1) is 0 Å². The molecular formula is C46H35ClF4N6O6. The fourth-order valence-corrected chi connectivity index (χ4v) is 5.52. The Labute approximate surface area is 362 Å². The second kappa shape index (κ2) is 22.7. The zero-order valence-electron chi connectivity index (χ0n) is 32.8. The van der Waals surface area contributed by atoms with Gasteiger partial charge in [-0.1, -0.05) is 97.1 Å². The normalized spacial score (nSPS) is 10.5. The van der Waals surface area contributed by atoms with E-state index in [1.54, 1.807) is 84.9 Å². The lowest BCUT2D eigenvalue weighted by Gasteiger charge is -2.22. The Morgan fingerprint density at radius 1 is 0.556 bits per heavy atom. The number of halogens is 5. The van der Waals surface area contributed by atoms with Crippen LogP contribution in [0.2, 0.25) is 0 Å². The maximum absolute atomic E-state index is 12.9. The van der Waals surface area contributed by atoms with Gasteiger partial charge in [-0.3, -0.25) is 4.90 Å². The smallest absolute Gasteiger partial charge is 0.415 e. The topological polar surface area (TPSA) is 146 Å². The summed E-state index contributed by atoms with van der Waals surface area (Å²) in [7, 11) is 0. The van der Waals surface area contributed by atoms with Gasteiger partial charge in [0, 0.05) is 40.6 Å². The summed E-state index contributed by atoms with van der Waals surface area (Å²) < 4.78 is 70.1. The fraction of sp³-hybridized carbons (Fsp3) is 0.0870. The van der Waals surface area contributed by atoms with Gasteiger partial charge >= 0.3 is 24.4 Å². The minimum Gasteiger partial charge on any atom is -0.415 e. The number of hydrogen-bond acceptors (Lipinski definition) is 11. The van der Waals surface area contributed by atoms with E-state index in [1.807, 2.05) is 84.9 Å². The van der Waals surface area contributed by atoms with Crippen LogP contribution in [0.15, 0.2) is 179 Å². The first-order valence-electron chi connectivity index (χ1n) is 18.8. The van der Waals surface area contributed by atoms with Gasteiger partial charge in [0.25, 0.3) is 11.8 Å². The number of carbonyl (C=O) groups is 2. The van der Waals surface area contributed by atoms with Gasteiger partial charge in [0.2, 0.25) is 11.8 Å². The number of nitrogens with one attached hydrogen (secondary N) is 1. The van der Waals surface area contributed by atoms with Gasteiger partial charge in [-0.2, -0.15) is 17.6 Å². The molecule has 0 saturated carbocycles. The van der Waals surface area contributed by atoms with Crippen molar-refractivity contribution in [3.63, 3.8) is 0 Å². The van der Waals surface area contributed by atoms with Crippen molar-refractivity contribution in [2.75, 3.05) is 10.2 Å². The number of nitrogens with zero attached hydrogens (tertiary/aromatic N) is 5. The van der Waals surface area contributed by atoms with E-state index in [-0.39, 0.29) is 18.3 Å². The summed E-state index contributed by atoms with van der Waals surface area (Å²) in [6, 6.07) is 50.6. The van der Waals surface area contributed by atoms with Crippen molar-refractivity contribution in [2.24, 2.45) is 0 Å². The molecule has 0 saturated heterocycles. The molecule has 320 valence electrons. The van der Waals surface area contributed by atoms with Gasteiger partial charge in [0.1, 0.15) is 11.5 Å². The maximum Gasteiger partial charge on any atom is 0.420 e. The summed E-state index contributed by atoms with van der Waals surface area (Å²) in [6.07, 6.45) is -6.11. The van der Waals surface area contributed by atoms with Gasteiger partial charge in [-0.15, -0.1) is 20.4 Å². The first kappa shape index (κ1) is 44.7. The Kier molecular flexibility index (Phi) is 16.1. The van der Waals surface area contributed by atoms with Crippen molar-refractivity contribution in [1.82, 2.24) is 20.4 Å². The predicted molar refractivity (Wildman–Crippen MR) is 227 cm³/mol. The highest BCUT2D eigenvalue weighted by atomic mass is 35.5. The highest BCUT2D eigenvalue weighted by molar-refractivity contribution is 6.61. The molecule has 0 atom stereocenters. The third kappa shape index (κ3) is 13.8. The predicted octanol–water partition coefficient (Wildman–Crippen LogP) is 12.6. The number of aromatic nitrogens is 4. The van der Waals surface area contributed by atoms with Crippen molar-refractivity contribution in [1.29, 1.82) is 0 Å². The van der Waals surface area contributed by atoms with Crippen LogP contribution in [0.5, 0.6) is 11.5 Å². The lowest BCUT2D eigenvalue weighted by molar-refractivity contribution is 0.115. The molecule has 8 aromatic rings. The minimum atomic E-state index is -2.82. The highest BCUT2D eigenvalue weighted by Crippen LogP contribution is 2.26. The van der Waals surface area contributed by atoms with Gasteiger partial charge in [0.05, 0.1) is 6.54 Å². The number of para-hydroxylation sites is 4. The summed E-state index contributed by atoms with van der Waals surface area (Å²) in [6.45, 7) is 0.901. The number of anilines is 2. The van der Waals surface area contributed by atoms with Crippen LogP contribution in [-0.4, -0.2) is 31.9 Å². The third-order valence-corrected chi connectivity index (χ3v) is 8.52. The SMILES string of the molecule is FC(F)c1nnc(-c2ccc(CNc3ccccc3)cc2)o1.O=C(Cl)Oc1ccccc1.O=C(Oc1ccccc1)N(Cc1ccc(-c2nnc(C(F)F)o2)cc1)c1ccccc1. The number of benzene rings is 6. The van der Waals surface area contributed by atoms with Crippen molar-refractivity contribution in [3.8, 4) is 34.4 Å². The number of carbonyl (C=O) groups excluding carboxylic acids is 2. The van der Waals surface area contributed by atoms with E-state index in [0.29, 0.717) is 34.9 Å². The molecule has 0 fully saturated rings. The van der Waals surface area contributed by atoms with Crippen molar-refractivity contribution < 1.29 is 45.5 Å². The van der Waals surface area contributed by atoms with Crippen LogP contribution in [0.3, 0.4) is 0 Å². The van der Waals surface area contributed by atoms with E-state index in [1.165, 1.54) is 4.90 Å². The first-order chi connectivity index (χ1) is 30.6. The second-order valence-corrected chi connectivity index (χ2v) is 13.2. The molecule has 0 unspecified atom stereocenters. The van der Waals surface area contributed by atoms with Crippen LogP contribution >= 0.6 is 11.6 Å². The zero-order valence-corrected chi connectivity index (χ0v) is 33.6. The summed E-state index contributed by atoms with van der Waals surface area (Å²) in [4.78, 5) is 24.5. The largest absolute Gasteiger partial charge is 0.420 e. The molecule has 8 rings (SSSR count). The average molecular weight is 879 g/mol. The number of amides is 1. The second-order valence-electron chi connectivity index (χ2n) is 12.9. The van der Waals surface area contributed by atoms with Crippen LogP contribution in [0.4, 0.5) is 38.5 Å². The standard InChI is InChI=1S/C23H17F2N3O3.C16H13F2N3O.C7H5ClO2/c24-20(25)22-27-26-21(31-22)17-13-11-16(12-14-17)15-28(18-7-3-1-4-8-18)23(29)30-19-9-5-2-6-10-19;17-14(18)16-21-20-15(22-16)12-8-6-11(7-9-12)10-19-13-4-2-1-3-5-13;8-7(9)10-6-4-2-1-3-5-6/h1-14,20H,15H2;1-9,14,19H,10H2;1-5H. The molecule has 0 aliphatic carbocycles. The number of alkyl halides is 4. The molecule has 0 aliphatic heterocycles. The van der Waals surface area contributed by atoms with Gasteiger partial charge in [0.15, 0.2) is 0 Å². The number of ether oxygens (including phenoxy) is 2. The monoisotopic (exact) mass is 878 g/mol. The third-order valence-electron chi connectivity index (χ3n) is 8.45. The molecule has 1 N–H and O–H groups in total. The Morgan fingerprint density at radius 2 is 0.984 bits per heavy atom.